The Morgan fingerprint density at radius 1 is 1.25 bits per heavy atom. The van der Waals surface area contributed by atoms with E-state index in [0.29, 0.717) is 0 Å². The SMILES string of the molecule is c1nc2c(c3c1CCN3)CCC2. The molecule has 0 amide bonds. The number of pyridine rings is 1. The number of rotatable bonds is 0. The standard InChI is InChI=1S/C10H12N2/c1-2-8-9(3-1)12-6-7-4-5-11-10(7)8/h6,11H,1-5H2. The van der Waals surface area contributed by atoms with Crippen molar-refractivity contribution in [2.75, 3.05) is 11.9 Å². The fourth-order valence-corrected chi connectivity index (χ4v) is 2.29. The highest BCUT2D eigenvalue weighted by atomic mass is 14.9. The van der Waals surface area contributed by atoms with E-state index in [1.807, 2.05) is 0 Å². The zero-order valence-electron chi connectivity index (χ0n) is 7.06. The number of hydrogen-bond acceptors (Lipinski definition) is 2. The van der Waals surface area contributed by atoms with E-state index in [1.54, 1.807) is 0 Å². The molecule has 0 bridgehead atoms. The van der Waals surface area contributed by atoms with Crippen molar-refractivity contribution in [2.24, 2.45) is 0 Å². The number of hydrogen-bond donors (Lipinski definition) is 1. The molecule has 1 aliphatic carbocycles. The van der Waals surface area contributed by atoms with Crippen LogP contribution in [-0.4, -0.2) is 11.5 Å². The molecule has 2 heteroatoms. The van der Waals surface area contributed by atoms with E-state index in [4.69, 9.17) is 0 Å². The molecule has 0 fully saturated rings. The Balaban J connectivity index is 2.24. The van der Waals surface area contributed by atoms with Gasteiger partial charge in [-0.1, -0.05) is 0 Å². The molecule has 0 atom stereocenters. The molecule has 3 rings (SSSR count). The van der Waals surface area contributed by atoms with Crippen molar-refractivity contribution in [2.45, 2.75) is 25.7 Å². The highest BCUT2D eigenvalue weighted by molar-refractivity contribution is 5.62. The Morgan fingerprint density at radius 3 is 3.25 bits per heavy atom. The van der Waals surface area contributed by atoms with Crippen LogP contribution in [0.4, 0.5) is 5.69 Å². The van der Waals surface area contributed by atoms with Crippen LogP contribution in [0.2, 0.25) is 0 Å². The van der Waals surface area contributed by atoms with Gasteiger partial charge in [0.05, 0.1) is 0 Å². The van der Waals surface area contributed by atoms with Gasteiger partial charge >= 0.3 is 0 Å². The molecular weight excluding hydrogens is 148 g/mol. The minimum Gasteiger partial charge on any atom is -0.384 e. The van der Waals surface area contributed by atoms with E-state index in [-0.39, 0.29) is 0 Å². The predicted molar refractivity (Wildman–Crippen MR) is 48.5 cm³/mol. The van der Waals surface area contributed by atoms with Crippen LogP contribution >= 0.6 is 0 Å². The molecule has 0 aromatic carbocycles. The monoisotopic (exact) mass is 160 g/mol. The summed E-state index contributed by atoms with van der Waals surface area (Å²) in [6, 6.07) is 0. The van der Waals surface area contributed by atoms with Crippen LogP contribution < -0.4 is 5.32 Å². The molecule has 2 aliphatic rings. The van der Waals surface area contributed by atoms with Gasteiger partial charge in [0.25, 0.3) is 0 Å². The number of nitrogens with zero attached hydrogens (tertiary/aromatic N) is 1. The summed E-state index contributed by atoms with van der Waals surface area (Å²) in [6.45, 7) is 1.10. The van der Waals surface area contributed by atoms with Crippen LogP contribution in [0.5, 0.6) is 0 Å². The van der Waals surface area contributed by atoms with Crippen LogP contribution in [0.3, 0.4) is 0 Å². The summed E-state index contributed by atoms with van der Waals surface area (Å²) in [7, 11) is 0. The van der Waals surface area contributed by atoms with Gasteiger partial charge in [-0.2, -0.15) is 0 Å². The van der Waals surface area contributed by atoms with E-state index in [9.17, 15) is 0 Å². The third kappa shape index (κ3) is 0.724. The van der Waals surface area contributed by atoms with Crippen LogP contribution in [0.1, 0.15) is 23.2 Å². The van der Waals surface area contributed by atoms with E-state index < -0.39 is 0 Å². The topological polar surface area (TPSA) is 24.9 Å². The van der Waals surface area contributed by atoms with Crippen molar-refractivity contribution in [3.05, 3.63) is 23.0 Å². The molecule has 1 aromatic rings. The lowest BCUT2D eigenvalue weighted by atomic mass is 10.1. The molecule has 1 N–H and O–H groups in total. The minimum absolute atomic E-state index is 1.10. The normalized spacial score (nSPS) is 18.7. The van der Waals surface area contributed by atoms with Crippen molar-refractivity contribution in [1.82, 2.24) is 4.98 Å². The highest BCUT2D eigenvalue weighted by Gasteiger charge is 2.21. The summed E-state index contributed by atoms with van der Waals surface area (Å²) in [5, 5.41) is 3.46. The van der Waals surface area contributed by atoms with Crippen molar-refractivity contribution in [3.8, 4) is 0 Å². The van der Waals surface area contributed by atoms with Crippen LogP contribution in [0.25, 0.3) is 0 Å². The van der Waals surface area contributed by atoms with Gasteiger partial charge in [0.2, 0.25) is 0 Å². The Morgan fingerprint density at radius 2 is 2.25 bits per heavy atom. The third-order valence-corrected chi connectivity index (χ3v) is 2.88. The number of aryl methyl sites for hydroxylation is 1. The van der Waals surface area contributed by atoms with Gasteiger partial charge in [-0.05, 0) is 36.8 Å². The van der Waals surface area contributed by atoms with E-state index in [0.717, 1.165) is 13.0 Å². The van der Waals surface area contributed by atoms with Gasteiger partial charge in [-0.15, -0.1) is 0 Å². The first kappa shape index (κ1) is 6.46. The van der Waals surface area contributed by atoms with Crippen LogP contribution in [-0.2, 0) is 19.3 Å². The van der Waals surface area contributed by atoms with E-state index >= 15 is 0 Å². The zero-order chi connectivity index (χ0) is 7.97. The lowest BCUT2D eigenvalue weighted by molar-refractivity contribution is 0.898. The minimum atomic E-state index is 1.10. The first-order valence-corrected chi connectivity index (χ1v) is 4.68. The molecule has 12 heavy (non-hydrogen) atoms. The van der Waals surface area contributed by atoms with Crippen molar-refractivity contribution >= 4 is 5.69 Å². The van der Waals surface area contributed by atoms with E-state index in [1.165, 1.54) is 41.8 Å². The van der Waals surface area contributed by atoms with Crippen molar-refractivity contribution in [3.63, 3.8) is 0 Å². The Labute approximate surface area is 72.0 Å². The molecule has 2 nitrogen and oxygen atoms in total. The van der Waals surface area contributed by atoms with Gasteiger partial charge in [0, 0.05) is 24.1 Å². The average Bonchev–Trinajstić information content (AvgIpc) is 2.71. The number of aromatic nitrogens is 1. The van der Waals surface area contributed by atoms with Gasteiger partial charge in [0.15, 0.2) is 0 Å². The summed E-state index contributed by atoms with van der Waals surface area (Å²) in [5.74, 6) is 0. The number of fused-ring (bicyclic) bond motifs is 3. The molecular formula is C10H12N2. The Bertz CT molecular complexity index is 298. The fraction of sp³-hybridized carbons (Fsp3) is 0.500. The predicted octanol–water partition coefficient (Wildman–Crippen LogP) is 1.54. The maximum atomic E-state index is 4.49. The third-order valence-electron chi connectivity index (χ3n) is 2.88. The van der Waals surface area contributed by atoms with Gasteiger partial charge < -0.3 is 5.32 Å². The zero-order valence-corrected chi connectivity index (χ0v) is 7.06. The van der Waals surface area contributed by atoms with Gasteiger partial charge in [-0.25, -0.2) is 0 Å². The van der Waals surface area contributed by atoms with Gasteiger partial charge in [0.1, 0.15) is 0 Å². The maximum absolute atomic E-state index is 4.49. The average molecular weight is 160 g/mol. The summed E-state index contributed by atoms with van der Waals surface area (Å²) < 4.78 is 0. The quantitative estimate of drug-likeness (QED) is 0.622. The van der Waals surface area contributed by atoms with E-state index in [2.05, 4.69) is 16.5 Å². The first-order chi connectivity index (χ1) is 5.95. The second-order valence-electron chi connectivity index (χ2n) is 3.61. The Hall–Kier alpha value is -1.05. The Kier molecular flexibility index (Phi) is 1.20. The molecule has 0 unspecified atom stereocenters. The molecule has 1 aliphatic heterocycles. The first-order valence-electron chi connectivity index (χ1n) is 4.68. The highest BCUT2D eigenvalue weighted by Crippen LogP contribution is 2.32. The van der Waals surface area contributed by atoms with Crippen molar-refractivity contribution in [1.29, 1.82) is 0 Å². The number of nitrogens with one attached hydrogen (secondary N) is 1. The van der Waals surface area contributed by atoms with Crippen molar-refractivity contribution < 1.29 is 0 Å². The summed E-state index contributed by atoms with van der Waals surface area (Å²) in [6.07, 6.45) is 6.93. The summed E-state index contributed by atoms with van der Waals surface area (Å²) in [5.41, 5.74) is 5.68. The second kappa shape index (κ2) is 2.22. The van der Waals surface area contributed by atoms with Crippen LogP contribution in [0.15, 0.2) is 6.20 Å². The molecule has 1 aromatic heterocycles. The largest absolute Gasteiger partial charge is 0.384 e. The molecule has 0 radical (unpaired) electrons. The number of anilines is 1. The molecule has 0 spiro atoms. The lowest BCUT2D eigenvalue weighted by Crippen LogP contribution is -1.96. The van der Waals surface area contributed by atoms with Gasteiger partial charge in [-0.3, -0.25) is 4.98 Å². The fourth-order valence-electron chi connectivity index (χ4n) is 2.29. The van der Waals surface area contributed by atoms with Crippen LogP contribution in [0, 0.1) is 0 Å². The second-order valence-corrected chi connectivity index (χ2v) is 3.61. The maximum Gasteiger partial charge on any atom is 0.0456 e. The summed E-state index contributed by atoms with van der Waals surface area (Å²) >= 11 is 0. The smallest absolute Gasteiger partial charge is 0.0456 e. The molecule has 0 saturated carbocycles. The molecule has 2 heterocycles. The molecule has 0 saturated heterocycles. The molecule has 62 valence electrons. The lowest BCUT2D eigenvalue weighted by Gasteiger charge is -2.05. The summed E-state index contributed by atoms with van der Waals surface area (Å²) in [4.78, 5) is 4.49.